The second kappa shape index (κ2) is 14.2. The number of nitrogens with zero attached hydrogens (tertiary/aromatic N) is 1. The molecule has 0 fully saturated rings. The minimum Gasteiger partial charge on any atom is -0.480 e. The van der Waals surface area contributed by atoms with Crippen molar-refractivity contribution in [2.75, 3.05) is 23.7 Å². The Morgan fingerprint density at radius 2 is 1.34 bits per heavy atom. The van der Waals surface area contributed by atoms with Gasteiger partial charge in [0.15, 0.2) is 11.6 Å². The van der Waals surface area contributed by atoms with Crippen molar-refractivity contribution in [3.05, 3.63) is 105 Å². The van der Waals surface area contributed by atoms with Crippen molar-refractivity contribution < 1.29 is 63.2 Å². The van der Waals surface area contributed by atoms with Crippen LogP contribution in [0.5, 0.6) is 0 Å². The van der Waals surface area contributed by atoms with Crippen molar-refractivity contribution in [3.8, 4) is 11.1 Å². The summed E-state index contributed by atoms with van der Waals surface area (Å²) < 4.78 is 104. The molecule has 290 valence electrons. The molecule has 22 heteroatoms. The Morgan fingerprint density at radius 1 is 0.696 bits per heavy atom. The number of carboxylic acid groups (broad SMARTS) is 1. The first-order valence-electron chi connectivity index (χ1n) is 15.7. The normalized spacial score (nSPS) is 12.6. The zero-order chi connectivity index (χ0) is 41.1. The lowest BCUT2D eigenvalue weighted by molar-refractivity contribution is -0.135. The number of aliphatic carboxylic acids is 1. The van der Waals surface area contributed by atoms with Crippen LogP contribution in [0.3, 0.4) is 0 Å². The van der Waals surface area contributed by atoms with E-state index in [1.807, 2.05) is 0 Å². The van der Waals surface area contributed by atoms with Crippen molar-refractivity contribution in [3.63, 3.8) is 0 Å². The van der Waals surface area contributed by atoms with Crippen LogP contribution in [-0.4, -0.2) is 85.1 Å². The van der Waals surface area contributed by atoms with Crippen molar-refractivity contribution in [2.24, 2.45) is 7.05 Å². The van der Waals surface area contributed by atoms with Gasteiger partial charge >= 0.3 is 5.97 Å². The zero-order valence-corrected chi connectivity index (χ0v) is 30.7. The fraction of sp³-hybridized carbons (Fsp3) is 0.0882. The highest BCUT2D eigenvalue weighted by Crippen LogP contribution is 2.45. The number of aryl methyl sites for hydroxylation is 1. The minimum absolute atomic E-state index is 0.0175. The molecule has 0 radical (unpaired) electrons. The molecule has 19 nitrogen and oxygen atoms in total. The van der Waals surface area contributed by atoms with E-state index in [9.17, 15) is 62.9 Å². The maximum absolute atomic E-state index is 14.3. The molecule has 0 unspecified atom stereocenters. The standard InChI is InChI=1S/C34H26N4O15S3/c1-38-23-10-9-20(36-21-12-22(37-26(39)14-35-15-27(40)41)25(56(51,52)53)13-24(21)55(48,49)50)29-30(23)28(18-7-2-3-8-19(18)33(29)43)31(34(38)44)32(42)16-5-4-6-17(11-16)54(45,46)47/h2-13,35-36H,14-15H2,1H3,(H,37,39)(H,40,41)(H,45,46,47)(H,48,49,50)(H,51,52,53). The van der Waals surface area contributed by atoms with Crippen LogP contribution in [0.4, 0.5) is 17.1 Å². The molecule has 0 bridgehead atoms. The highest BCUT2D eigenvalue weighted by Gasteiger charge is 2.35. The summed E-state index contributed by atoms with van der Waals surface area (Å²) in [7, 11) is -14.2. The number of ketones is 2. The fourth-order valence-corrected chi connectivity index (χ4v) is 8.15. The number of aromatic nitrogens is 1. The number of carbonyl (C=O) groups is 4. The van der Waals surface area contributed by atoms with Crippen LogP contribution in [0, 0.1) is 0 Å². The van der Waals surface area contributed by atoms with Crippen molar-refractivity contribution in [1.82, 2.24) is 9.88 Å². The molecule has 0 aliphatic heterocycles. The number of fused-ring (bicyclic) bond motifs is 2. The van der Waals surface area contributed by atoms with Crippen LogP contribution in [-0.2, 0) is 47.0 Å². The summed E-state index contributed by atoms with van der Waals surface area (Å²) in [6.45, 7) is -1.36. The third-order valence-corrected chi connectivity index (χ3v) is 11.2. The lowest BCUT2D eigenvalue weighted by Gasteiger charge is -2.26. The van der Waals surface area contributed by atoms with Crippen molar-refractivity contribution >= 4 is 81.8 Å². The third kappa shape index (κ3) is 7.32. The molecule has 1 aliphatic rings. The lowest BCUT2D eigenvalue weighted by Crippen LogP contribution is -2.32. The number of pyridine rings is 1. The molecule has 5 aromatic rings. The van der Waals surface area contributed by atoms with Gasteiger partial charge in [-0.3, -0.25) is 42.9 Å². The van der Waals surface area contributed by atoms with Crippen LogP contribution in [0.1, 0.15) is 31.8 Å². The van der Waals surface area contributed by atoms with E-state index >= 15 is 0 Å². The maximum atomic E-state index is 14.3. The Labute approximate surface area is 315 Å². The summed E-state index contributed by atoms with van der Waals surface area (Å²) in [5, 5.41) is 15.8. The minimum atomic E-state index is -5.36. The molecule has 0 saturated heterocycles. The van der Waals surface area contributed by atoms with Gasteiger partial charge in [0.05, 0.1) is 51.7 Å². The molecule has 6 rings (SSSR count). The van der Waals surface area contributed by atoms with E-state index in [0.29, 0.717) is 12.1 Å². The molecular weight excluding hydrogens is 801 g/mol. The van der Waals surface area contributed by atoms with Gasteiger partial charge in [0.1, 0.15) is 9.79 Å². The molecule has 7 N–H and O–H groups in total. The van der Waals surface area contributed by atoms with Gasteiger partial charge in [-0.2, -0.15) is 25.3 Å². The predicted molar refractivity (Wildman–Crippen MR) is 196 cm³/mol. The number of rotatable bonds is 12. The molecule has 0 atom stereocenters. The Morgan fingerprint density at radius 3 is 1.96 bits per heavy atom. The number of hydrogen-bond acceptors (Lipinski definition) is 13. The van der Waals surface area contributed by atoms with Crippen LogP contribution in [0.15, 0.2) is 92.3 Å². The van der Waals surface area contributed by atoms with E-state index in [4.69, 9.17) is 5.11 Å². The second-order valence-corrected chi connectivity index (χ2v) is 16.4. The van der Waals surface area contributed by atoms with Crippen LogP contribution in [0.25, 0.3) is 22.0 Å². The van der Waals surface area contributed by atoms with E-state index in [-0.39, 0.29) is 44.4 Å². The van der Waals surface area contributed by atoms with Crippen LogP contribution in [0.2, 0.25) is 0 Å². The van der Waals surface area contributed by atoms with E-state index in [0.717, 1.165) is 16.7 Å². The molecule has 1 heterocycles. The summed E-state index contributed by atoms with van der Waals surface area (Å²) in [4.78, 5) is 63.0. The zero-order valence-electron chi connectivity index (χ0n) is 28.3. The van der Waals surface area contributed by atoms with Crippen molar-refractivity contribution in [2.45, 2.75) is 14.7 Å². The summed E-state index contributed by atoms with van der Waals surface area (Å²) in [6.07, 6.45) is 0. The van der Waals surface area contributed by atoms with E-state index in [1.54, 1.807) is 0 Å². The summed E-state index contributed by atoms with van der Waals surface area (Å²) in [6, 6.07) is 13.7. The third-order valence-electron chi connectivity index (χ3n) is 8.60. The second-order valence-electron chi connectivity index (χ2n) is 12.2. The molecular formula is C34H26N4O15S3. The van der Waals surface area contributed by atoms with Gasteiger partial charge in [-0.15, -0.1) is 0 Å². The monoisotopic (exact) mass is 826 g/mol. The Hall–Kier alpha value is -6.14. The number of hydrogen-bond donors (Lipinski definition) is 7. The van der Waals surface area contributed by atoms with E-state index < -0.39 is 104 Å². The SMILES string of the molecule is Cn1c(=O)c(C(=O)c2cccc(S(=O)(=O)O)c2)c2c3c(c(Nc4cc(NC(=O)CNCC(=O)O)c(S(=O)(=O)O)cc4S(=O)(=O)O)ccc31)C(=O)c1ccccc1-2. The average Bonchev–Trinajstić information content (AvgIpc) is 3.10. The van der Waals surface area contributed by atoms with Crippen LogP contribution >= 0.6 is 0 Å². The van der Waals surface area contributed by atoms with Gasteiger partial charge in [0.2, 0.25) is 5.91 Å². The molecule has 0 saturated carbocycles. The predicted octanol–water partition coefficient (Wildman–Crippen LogP) is 2.08. The summed E-state index contributed by atoms with van der Waals surface area (Å²) in [5.74, 6) is -4.08. The highest BCUT2D eigenvalue weighted by molar-refractivity contribution is 7.87. The first kappa shape index (κ1) is 39.6. The van der Waals surface area contributed by atoms with Gasteiger partial charge in [0.25, 0.3) is 35.9 Å². The number of nitrogens with one attached hydrogen (secondary N) is 3. The quantitative estimate of drug-likeness (QED) is 0.0686. The smallest absolute Gasteiger partial charge is 0.317 e. The molecule has 4 aromatic carbocycles. The van der Waals surface area contributed by atoms with Gasteiger partial charge in [-0.1, -0.05) is 36.4 Å². The molecule has 1 aromatic heterocycles. The summed E-state index contributed by atoms with van der Waals surface area (Å²) >= 11 is 0. The van der Waals surface area contributed by atoms with Crippen LogP contribution < -0.4 is 21.5 Å². The van der Waals surface area contributed by atoms with E-state index in [1.165, 1.54) is 55.6 Å². The number of carboxylic acids is 1. The van der Waals surface area contributed by atoms with E-state index in [2.05, 4.69) is 16.0 Å². The molecule has 1 aliphatic carbocycles. The lowest BCUT2D eigenvalue weighted by atomic mass is 9.80. The molecule has 1 amide bonds. The Balaban J connectivity index is 1.62. The number of amides is 1. The topological polar surface area (TPSA) is 310 Å². The highest BCUT2D eigenvalue weighted by atomic mass is 32.2. The fourth-order valence-electron chi connectivity index (χ4n) is 6.24. The largest absolute Gasteiger partial charge is 0.480 e. The molecule has 56 heavy (non-hydrogen) atoms. The molecule has 0 spiro atoms. The van der Waals surface area contributed by atoms with Gasteiger partial charge in [0, 0.05) is 29.1 Å². The van der Waals surface area contributed by atoms with Gasteiger partial charge in [-0.25, -0.2) is 0 Å². The number of anilines is 3. The summed E-state index contributed by atoms with van der Waals surface area (Å²) in [5.41, 5.74) is -3.46. The first-order valence-corrected chi connectivity index (χ1v) is 20.0. The maximum Gasteiger partial charge on any atom is 0.317 e. The number of benzene rings is 4. The van der Waals surface area contributed by atoms with Crippen molar-refractivity contribution in [1.29, 1.82) is 0 Å². The Kier molecular flexibility index (Phi) is 10.0. The Bertz CT molecular complexity index is 3000. The number of carbonyl (C=O) groups excluding carboxylic acids is 3. The first-order chi connectivity index (χ1) is 26.1. The van der Waals surface area contributed by atoms with Gasteiger partial charge in [-0.05, 0) is 42.0 Å². The van der Waals surface area contributed by atoms with Gasteiger partial charge < -0.3 is 20.3 Å². The average molecular weight is 827 g/mol.